The summed E-state index contributed by atoms with van der Waals surface area (Å²) >= 11 is 0.993. The zero-order chi connectivity index (χ0) is 15.4. The maximum Gasteiger partial charge on any atom is 0.313 e. The van der Waals surface area contributed by atoms with Gasteiger partial charge in [-0.3, -0.25) is 4.79 Å². The van der Waals surface area contributed by atoms with E-state index in [0.29, 0.717) is 28.0 Å². The van der Waals surface area contributed by atoms with E-state index in [1.807, 2.05) is 0 Å². The molecule has 21 heavy (non-hydrogen) atoms. The molecule has 0 aliphatic carbocycles. The molecule has 0 radical (unpaired) electrons. The SMILES string of the molecule is COc1cc(OC)cc(-c2nnc(SCC(=O)O)n2N)c1. The van der Waals surface area contributed by atoms with Crippen LogP contribution >= 0.6 is 11.8 Å². The number of methoxy groups -OCH3 is 2. The summed E-state index contributed by atoms with van der Waals surface area (Å²) in [6.45, 7) is 0. The second kappa shape index (κ2) is 6.35. The number of carbonyl (C=O) groups is 1. The number of benzene rings is 1. The Hall–Kier alpha value is -2.42. The summed E-state index contributed by atoms with van der Waals surface area (Å²) in [4.78, 5) is 10.6. The third kappa shape index (κ3) is 3.37. The highest BCUT2D eigenvalue weighted by atomic mass is 32.2. The van der Waals surface area contributed by atoms with Crippen molar-refractivity contribution in [1.82, 2.24) is 14.9 Å². The number of thioether (sulfide) groups is 1. The largest absolute Gasteiger partial charge is 0.497 e. The molecule has 9 heteroatoms. The number of hydrogen-bond donors (Lipinski definition) is 2. The van der Waals surface area contributed by atoms with Crippen LogP contribution in [-0.4, -0.2) is 45.9 Å². The summed E-state index contributed by atoms with van der Waals surface area (Å²) in [5.41, 5.74) is 0.656. The van der Waals surface area contributed by atoms with E-state index in [-0.39, 0.29) is 5.75 Å². The van der Waals surface area contributed by atoms with Crippen molar-refractivity contribution in [3.05, 3.63) is 18.2 Å². The Labute approximate surface area is 124 Å². The molecular formula is C12H14N4O4S. The van der Waals surface area contributed by atoms with Crippen molar-refractivity contribution in [2.45, 2.75) is 5.16 Å². The molecule has 2 aromatic rings. The number of nitrogens with zero attached hydrogens (tertiary/aromatic N) is 3. The van der Waals surface area contributed by atoms with Crippen molar-refractivity contribution in [3.8, 4) is 22.9 Å². The molecule has 1 aromatic carbocycles. The lowest BCUT2D eigenvalue weighted by atomic mass is 10.2. The highest BCUT2D eigenvalue weighted by Crippen LogP contribution is 2.29. The van der Waals surface area contributed by atoms with Crippen LogP contribution in [0.2, 0.25) is 0 Å². The van der Waals surface area contributed by atoms with Crippen LogP contribution in [0.4, 0.5) is 0 Å². The van der Waals surface area contributed by atoms with Gasteiger partial charge in [-0.05, 0) is 12.1 Å². The smallest absolute Gasteiger partial charge is 0.313 e. The van der Waals surface area contributed by atoms with E-state index in [1.165, 1.54) is 4.68 Å². The minimum Gasteiger partial charge on any atom is -0.497 e. The van der Waals surface area contributed by atoms with Crippen LogP contribution in [0.1, 0.15) is 0 Å². The number of nitrogen functional groups attached to an aromatic ring is 1. The molecule has 112 valence electrons. The van der Waals surface area contributed by atoms with Crippen LogP contribution in [0.5, 0.6) is 11.5 Å². The van der Waals surface area contributed by atoms with Gasteiger partial charge in [0.15, 0.2) is 5.82 Å². The second-order valence-corrected chi connectivity index (χ2v) is 4.90. The number of ether oxygens (including phenoxy) is 2. The van der Waals surface area contributed by atoms with Crippen LogP contribution in [0.3, 0.4) is 0 Å². The Morgan fingerprint density at radius 2 is 1.90 bits per heavy atom. The van der Waals surface area contributed by atoms with Crippen LogP contribution in [0, 0.1) is 0 Å². The Kier molecular flexibility index (Phi) is 4.53. The van der Waals surface area contributed by atoms with E-state index in [9.17, 15) is 4.79 Å². The molecule has 0 atom stereocenters. The molecule has 0 saturated carbocycles. The fourth-order valence-corrected chi connectivity index (χ4v) is 2.21. The minimum atomic E-state index is -0.951. The molecule has 0 amide bonds. The van der Waals surface area contributed by atoms with Gasteiger partial charge in [0.1, 0.15) is 11.5 Å². The molecule has 8 nitrogen and oxygen atoms in total. The summed E-state index contributed by atoms with van der Waals surface area (Å²) in [5, 5.41) is 16.8. The second-order valence-electron chi connectivity index (χ2n) is 3.96. The van der Waals surface area contributed by atoms with Gasteiger partial charge < -0.3 is 20.4 Å². The van der Waals surface area contributed by atoms with Gasteiger partial charge >= 0.3 is 5.97 Å². The maximum absolute atomic E-state index is 10.6. The molecule has 0 fully saturated rings. The highest BCUT2D eigenvalue weighted by molar-refractivity contribution is 7.99. The molecular weight excluding hydrogens is 296 g/mol. The summed E-state index contributed by atoms with van der Waals surface area (Å²) < 4.78 is 11.6. The van der Waals surface area contributed by atoms with Crippen LogP contribution in [0.25, 0.3) is 11.4 Å². The molecule has 0 unspecified atom stereocenters. The number of aromatic nitrogens is 3. The number of aliphatic carboxylic acids is 1. The van der Waals surface area contributed by atoms with Crippen molar-refractivity contribution in [1.29, 1.82) is 0 Å². The van der Waals surface area contributed by atoms with Gasteiger partial charge in [-0.1, -0.05) is 11.8 Å². The Bertz CT molecular complexity index is 636. The minimum absolute atomic E-state index is 0.142. The lowest BCUT2D eigenvalue weighted by molar-refractivity contribution is -0.133. The monoisotopic (exact) mass is 310 g/mol. The van der Waals surface area contributed by atoms with Crippen molar-refractivity contribution < 1.29 is 19.4 Å². The quantitative estimate of drug-likeness (QED) is 0.596. The van der Waals surface area contributed by atoms with E-state index in [4.69, 9.17) is 20.4 Å². The van der Waals surface area contributed by atoms with E-state index in [0.717, 1.165) is 11.8 Å². The van der Waals surface area contributed by atoms with E-state index in [1.54, 1.807) is 32.4 Å². The first-order valence-corrected chi connectivity index (χ1v) is 6.82. The lowest BCUT2D eigenvalue weighted by Crippen LogP contribution is -2.12. The van der Waals surface area contributed by atoms with Gasteiger partial charge in [-0.25, -0.2) is 4.68 Å². The van der Waals surface area contributed by atoms with E-state index in [2.05, 4.69) is 10.2 Å². The lowest BCUT2D eigenvalue weighted by Gasteiger charge is -2.08. The average molecular weight is 310 g/mol. The summed E-state index contributed by atoms with van der Waals surface area (Å²) in [6, 6.07) is 5.20. The van der Waals surface area contributed by atoms with Gasteiger partial charge in [-0.15, -0.1) is 10.2 Å². The van der Waals surface area contributed by atoms with Crippen LogP contribution in [-0.2, 0) is 4.79 Å². The first-order chi connectivity index (χ1) is 10.0. The predicted molar refractivity (Wildman–Crippen MR) is 77.1 cm³/mol. The molecule has 0 aliphatic rings. The molecule has 2 rings (SSSR count). The number of carboxylic acid groups (broad SMARTS) is 1. The van der Waals surface area contributed by atoms with E-state index < -0.39 is 5.97 Å². The van der Waals surface area contributed by atoms with Gasteiger partial charge in [0.2, 0.25) is 5.16 Å². The molecule has 0 saturated heterocycles. The number of hydrogen-bond acceptors (Lipinski definition) is 7. The number of carboxylic acids is 1. The fraction of sp³-hybridized carbons (Fsp3) is 0.250. The Balaban J connectivity index is 2.36. The highest BCUT2D eigenvalue weighted by Gasteiger charge is 2.15. The van der Waals surface area contributed by atoms with Crippen molar-refractivity contribution in [2.24, 2.45) is 0 Å². The Morgan fingerprint density at radius 1 is 1.29 bits per heavy atom. The summed E-state index contributed by atoms with van der Waals surface area (Å²) in [6.07, 6.45) is 0. The molecule has 0 spiro atoms. The van der Waals surface area contributed by atoms with Gasteiger partial charge in [0.05, 0.1) is 20.0 Å². The molecule has 1 heterocycles. The average Bonchev–Trinajstić information content (AvgIpc) is 2.85. The summed E-state index contributed by atoms with van der Waals surface area (Å²) in [5.74, 6) is 6.38. The van der Waals surface area contributed by atoms with Crippen molar-refractivity contribution in [2.75, 3.05) is 25.8 Å². The van der Waals surface area contributed by atoms with Gasteiger partial charge in [0, 0.05) is 11.6 Å². The third-order valence-electron chi connectivity index (χ3n) is 2.60. The molecule has 0 aliphatic heterocycles. The number of nitrogens with two attached hydrogens (primary N) is 1. The zero-order valence-electron chi connectivity index (χ0n) is 11.4. The first-order valence-electron chi connectivity index (χ1n) is 5.83. The third-order valence-corrected chi connectivity index (χ3v) is 3.53. The first kappa shape index (κ1) is 15.0. The van der Waals surface area contributed by atoms with E-state index >= 15 is 0 Å². The summed E-state index contributed by atoms with van der Waals surface area (Å²) in [7, 11) is 3.08. The van der Waals surface area contributed by atoms with Gasteiger partial charge in [0.25, 0.3) is 0 Å². The topological polar surface area (TPSA) is 112 Å². The fourth-order valence-electron chi connectivity index (χ4n) is 1.64. The normalized spacial score (nSPS) is 10.4. The molecule has 1 aromatic heterocycles. The molecule has 3 N–H and O–H groups in total. The van der Waals surface area contributed by atoms with Crippen molar-refractivity contribution in [3.63, 3.8) is 0 Å². The predicted octanol–water partition coefficient (Wildman–Crippen LogP) is 0.853. The Morgan fingerprint density at radius 3 is 2.43 bits per heavy atom. The maximum atomic E-state index is 10.6. The van der Waals surface area contributed by atoms with Crippen LogP contribution < -0.4 is 15.3 Å². The van der Waals surface area contributed by atoms with Crippen LogP contribution in [0.15, 0.2) is 23.4 Å². The van der Waals surface area contributed by atoms with Crippen molar-refractivity contribution >= 4 is 17.7 Å². The zero-order valence-corrected chi connectivity index (χ0v) is 12.3. The molecule has 0 bridgehead atoms. The van der Waals surface area contributed by atoms with Gasteiger partial charge in [-0.2, -0.15) is 0 Å². The number of rotatable bonds is 6. The standard InChI is InChI=1S/C12H14N4O4S/c1-19-8-3-7(4-9(5-8)20-2)11-14-15-12(16(11)13)21-6-10(17)18/h3-5H,6,13H2,1-2H3,(H,17,18).